The van der Waals surface area contributed by atoms with Crippen LogP contribution in [-0.2, 0) is 9.59 Å². The summed E-state index contributed by atoms with van der Waals surface area (Å²) in [6.07, 6.45) is 62.7. The van der Waals surface area contributed by atoms with Crippen molar-refractivity contribution in [3.8, 4) is 0 Å². The molecule has 422 valence electrons. The summed E-state index contributed by atoms with van der Waals surface area (Å²) in [6, 6.07) is 0. The third kappa shape index (κ3) is 43.8. The number of amides is 2. The van der Waals surface area contributed by atoms with Gasteiger partial charge in [-0.25, -0.2) is 0 Å². The molecule has 0 heterocycles. The van der Waals surface area contributed by atoms with Crippen molar-refractivity contribution in [3.05, 3.63) is 0 Å². The van der Waals surface area contributed by atoms with E-state index >= 15 is 0 Å². The van der Waals surface area contributed by atoms with Crippen LogP contribution in [0.5, 0.6) is 0 Å². The standard InChI is InChI=1S/C65H129N3O3/c1-5-9-13-17-21-25-35-45-58-67(59-46-36-26-22-18-14-10-6-2)64(70)53-39-31-29-33-43-55-66(57-49-51-62-50-41-42-52-63(62)69)56-44-34-30-32-40-54-65(71)68(60-47-37-27-23-19-15-11-7-3)61-48-38-28-24-20-16-12-8-4/h62-63,69H,5-61H2,1-4H3/t62-,63-/m0/s1. The lowest BCUT2D eigenvalue weighted by Crippen LogP contribution is -2.32. The van der Waals surface area contributed by atoms with Crippen molar-refractivity contribution in [2.75, 3.05) is 45.8 Å². The molecule has 0 spiro atoms. The lowest BCUT2D eigenvalue weighted by molar-refractivity contribution is -0.132. The smallest absolute Gasteiger partial charge is 0.222 e. The molecule has 1 rings (SSSR count). The fourth-order valence-corrected chi connectivity index (χ4v) is 11.5. The highest BCUT2D eigenvalue weighted by molar-refractivity contribution is 5.76. The van der Waals surface area contributed by atoms with Gasteiger partial charge >= 0.3 is 0 Å². The predicted molar refractivity (Wildman–Crippen MR) is 313 cm³/mol. The molecule has 6 nitrogen and oxygen atoms in total. The van der Waals surface area contributed by atoms with Gasteiger partial charge in [-0.15, -0.1) is 0 Å². The SMILES string of the molecule is CCCCCCCCCCN(CCCCCCCCCC)C(=O)CCCCCCCN(CCCCCCCC(=O)N(CCCCCCCCCC)CCCCCCCCCC)CCC[C@@H]1CCCC[C@@H]1O. The maximum Gasteiger partial charge on any atom is 0.222 e. The van der Waals surface area contributed by atoms with Crippen LogP contribution in [0.1, 0.15) is 349 Å². The molecule has 0 saturated heterocycles. The molecular weight excluding hydrogens is 871 g/mol. The van der Waals surface area contributed by atoms with Gasteiger partial charge in [-0.05, 0) is 103 Å². The van der Waals surface area contributed by atoms with E-state index in [1.165, 1.54) is 302 Å². The van der Waals surface area contributed by atoms with Crippen LogP contribution in [0.4, 0.5) is 0 Å². The molecule has 1 aliphatic carbocycles. The minimum Gasteiger partial charge on any atom is -0.393 e. The van der Waals surface area contributed by atoms with Crippen LogP contribution >= 0.6 is 0 Å². The van der Waals surface area contributed by atoms with Crippen LogP contribution < -0.4 is 0 Å². The summed E-state index contributed by atoms with van der Waals surface area (Å²) in [5.74, 6) is 1.34. The molecule has 0 aliphatic heterocycles. The second-order valence-corrected chi connectivity index (χ2v) is 23.3. The van der Waals surface area contributed by atoms with Crippen molar-refractivity contribution in [2.24, 2.45) is 5.92 Å². The summed E-state index contributed by atoms with van der Waals surface area (Å²) in [5, 5.41) is 10.6. The van der Waals surface area contributed by atoms with Gasteiger partial charge in [-0.3, -0.25) is 9.59 Å². The monoisotopic (exact) mass is 1000 g/mol. The van der Waals surface area contributed by atoms with Gasteiger partial charge in [0.25, 0.3) is 0 Å². The van der Waals surface area contributed by atoms with Gasteiger partial charge in [0, 0.05) is 39.0 Å². The Kier molecular flexibility index (Phi) is 51.3. The van der Waals surface area contributed by atoms with Crippen molar-refractivity contribution < 1.29 is 14.7 Å². The van der Waals surface area contributed by atoms with E-state index in [0.29, 0.717) is 17.7 Å². The Morgan fingerprint density at radius 1 is 0.324 bits per heavy atom. The van der Waals surface area contributed by atoms with E-state index in [9.17, 15) is 14.7 Å². The first kappa shape index (κ1) is 67.9. The quantitative estimate of drug-likeness (QED) is 0.0617. The van der Waals surface area contributed by atoms with E-state index in [1.54, 1.807) is 0 Å². The first-order valence-corrected chi connectivity index (χ1v) is 32.9. The molecule has 0 radical (unpaired) electrons. The minimum absolute atomic E-state index is 0.0828. The predicted octanol–water partition coefficient (Wildman–Crippen LogP) is 19.5. The maximum atomic E-state index is 13.5. The highest BCUT2D eigenvalue weighted by Crippen LogP contribution is 2.28. The minimum atomic E-state index is -0.0828. The van der Waals surface area contributed by atoms with Gasteiger partial charge in [0.2, 0.25) is 11.8 Å². The van der Waals surface area contributed by atoms with Crippen molar-refractivity contribution in [1.29, 1.82) is 0 Å². The molecule has 0 unspecified atom stereocenters. The zero-order valence-corrected chi connectivity index (χ0v) is 49.1. The number of carbonyl (C=O) groups is 2. The number of rotatable bonds is 56. The van der Waals surface area contributed by atoms with Crippen molar-refractivity contribution in [2.45, 2.75) is 355 Å². The van der Waals surface area contributed by atoms with Crippen molar-refractivity contribution >= 4 is 11.8 Å². The molecule has 1 fully saturated rings. The van der Waals surface area contributed by atoms with Crippen molar-refractivity contribution in [1.82, 2.24) is 14.7 Å². The number of carbonyl (C=O) groups excluding carboxylic acids is 2. The molecule has 1 N–H and O–H groups in total. The highest BCUT2D eigenvalue weighted by atomic mass is 16.3. The number of aliphatic hydroxyl groups excluding tert-OH is 1. The summed E-state index contributed by atoms with van der Waals surface area (Å²) in [6.45, 7) is 16.6. The average Bonchev–Trinajstić information content (AvgIpc) is 3.37. The van der Waals surface area contributed by atoms with Gasteiger partial charge in [-0.2, -0.15) is 0 Å². The van der Waals surface area contributed by atoms with Gasteiger partial charge < -0.3 is 19.8 Å². The first-order chi connectivity index (χ1) is 35.0. The molecule has 0 aromatic heterocycles. The van der Waals surface area contributed by atoms with Gasteiger partial charge in [0.05, 0.1) is 6.10 Å². The Morgan fingerprint density at radius 2 is 0.577 bits per heavy atom. The number of aliphatic hydroxyl groups is 1. The molecule has 1 saturated carbocycles. The average molecular weight is 1000 g/mol. The Morgan fingerprint density at radius 3 is 0.887 bits per heavy atom. The summed E-state index contributed by atoms with van der Waals surface area (Å²) >= 11 is 0. The topological polar surface area (TPSA) is 64.1 Å². The molecule has 6 heteroatoms. The van der Waals surface area contributed by atoms with Crippen LogP contribution in [0.25, 0.3) is 0 Å². The van der Waals surface area contributed by atoms with Crippen LogP contribution in [0.15, 0.2) is 0 Å². The maximum absolute atomic E-state index is 13.5. The van der Waals surface area contributed by atoms with E-state index in [2.05, 4.69) is 42.4 Å². The van der Waals surface area contributed by atoms with Crippen LogP contribution in [0, 0.1) is 5.92 Å². The number of unbranched alkanes of at least 4 members (excludes halogenated alkanes) is 36. The van der Waals surface area contributed by atoms with E-state index in [1.807, 2.05) is 0 Å². The second kappa shape index (κ2) is 53.7. The fourth-order valence-electron chi connectivity index (χ4n) is 11.5. The number of hydrogen-bond donors (Lipinski definition) is 1. The number of nitrogens with zero attached hydrogens (tertiary/aromatic N) is 3. The third-order valence-corrected chi connectivity index (χ3v) is 16.5. The summed E-state index contributed by atoms with van der Waals surface area (Å²) < 4.78 is 0. The molecule has 0 aromatic carbocycles. The summed E-state index contributed by atoms with van der Waals surface area (Å²) in [5.41, 5.74) is 0. The zero-order valence-electron chi connectivity index (χ0n) is 49.1. The van der Waals surface area contributed by atoms with Crippen molar-refractivity contribution in [3.63, 3.8) is 0 Å². The van der Waals surface area contributed by atoms with E-state index < -0.39 is 0 Å². The van der Waals surface area contributed by atoms with E-state index in [4.69, 9.17) is 0 Å². The first-order valence-electron chi connectivity index (χ1n) is 32.9. The Bertz CT molecular complexity index is 992. The van der Waals surface area contributed by atoms with Crippen LogP contribution in [-0.4, -0.2) is 83.5 Å². The second-order valence-electron chi connectivity index (χ2n) is 23.3. The Hall–Kier alpha value is -1.14. The normalized spacial score (nSPS) is 15.0. The molecular formula is C65H129N3O3. The lowest BCUT2D eigenvalue weighted by Gasteiger charge is -2.29. The molecule has 2 atom stereocenters. The van der Waals surface area contributed by atoms with Crippen LogP contribution in [0.3, 0.4) is 0 Å². The zero-order chi connectivity index (χ0) is 51.3. The summed E-state index contributed by atoms with van der Waals surface area (Å²) in [7, 11) is 0. The summed E-state index contributed by atoms with van der Waals surface area (Å²) in [4.78, 5) is 34.3. The lowest BCUT2D eigenvalue weighted by atomic mass is 9.83. The third-order valence-electron chi connectivity index (χ3n) is 16.5. The van der Waals surface area contributed by atoms with E-state index in [0.717, 1.165) is 64.8 Å². The largest absolute Gasteiger partial charge is 0.393 e. The van der Waals surface area contributed by atoms with E-state index in [-0.39, 0.29) is 6.10 Å². The molecule has 2 amide bonds. The molecule has 71 heavy (non-hydrogen) atoms. The van der Waals surface area contributed by atoms with Gasteiger partial charge in [0.15, 0.2) is 0 Å². The Labute approximate surface area is 445 Å². The molecule has 0 bridgehead atoms. The van der Waals surface area contributed by atoms with Gasteiger partial charge in [-0.1, -0.05) is 259 Å². The Balaban J connectivity index is 2.51. The molecule has 0 aromatic rings. The molecule has 1 aliphatic rings. The highest BCUT2D eigenvalue weighted by Gasteiger charge is 2.23. The van der Waals surface area contributed by atoms with Crippen LogP contribution in [0.2, 0.25) is 0 Å². The number of hydrogen-bond acceptors (Lipinski definition) is 4. The fraction of sp³-hybridized carbons (Fsp3) is 0.969. The van der Waals surface area contributed by atoms with Gasteiger partial charge in [0.1, 0.15) is 0 Å².